The molecule has 19 heavy (non-hydrogen) atoms. The molecule has 0 atom stereocenters. The Morgan fingerprint density at radius 1 is 1.37 bits per heavy atom. The van der Waals surface area contributed by atoms with E-state index in [1.807, 2.05) is 30.4 Å². The van der Waals surface area contributed by atoms with E-state index in [0.29, 0.717) is 5.75 Å². The van der Waals surface area contributed by atoms with Crippen LogP contribution in [0.2, 0.25) is 0 Å². The number of H-pyrrole nitrogens is 1. The van der Waals surface area contributed by atoms with E-state index in [4.69, 9.17) is 5.11 Å². The minimum Gasteiger partial charge on any atom is -0.477 e. The van der Waals surface area contributed by atoms with Crippen LogP contribution in [0.4, 0.5) is 0 Å². The maximum atomic E-state index is 10.9. The van der Waals surface area contributed by atoms with Crippen LogP contribution in [0.1, 0.15) is 23.0 Å². The first-order chi connectivity index (χ1) is 9.06. The van der Waals surface area contributed by atoms with Gasteiger partial charge in [-0.2, -0.15) is 0 Å². The third-order valence-electron chi connectivity index (χ3n) is 2.57. The monoisotopic (exact) mass is 275 g/mol. The molecule has 0 amide bonds. The van der Waals surface area contributed by atoms with Crippen molar-refractivity contribution in [3.05, 3.63) is 41.6 Å². The topological polar surface area (TPSA) is 70.2 Å². The zero-order valence-corrected chi connectivity index (χ0v) is 11.2. The lowest BCUT2D eigenvalue weighted by Crippen LogP contribution is -1.94. The number of carbonyl (C=O) groups is 2. The lowest BCUT2D eigenvalue weighted by atomic mass is 10.1. The average molecular weight is 275 g/mol. The molecule has 0 fully saturated rings. The Kier molecular flexibility index (Phi) is 4.06. The van der Waals surface area contributed by atoms with Crippen LogP contribution in [0.5, 0.6) is 0 Å². The van der Waals surface area contributed by atoms with Gasteiger partial charge in [0.1, 0.15) is 5.69 Å². The second-order valence-electron chi connectivity index (χ2n) is 4.04. The van der Waals surface area contributed by atoms with Gasteiger partial charge in [-0.3, -0.25) is 4.79 Å². The summed E-state index contributed by atoms with van der Waals surface area (Å²) >= 11 is 1.25. The van der Waals surface area contributed by atoms with Gasteiger partial charge in [-0.25, -0.2) is 4.79 Å². The summed E-state index contributed by atoms with van der Waals surface area (Å²) in [7, 11) is 0. The van der Waals surface area contributed by atoms with Crippen molar-refractivity contribution in [2.24, 2.45) is 0 Å². The number of hydrogen-bond acceptors (Lipinski definition) is 3. The lowest BCUT2D eigenvalue weighted by molar-refractivity contribution is -0.109. The fourth-order valence-corrected chi connectivity index (χ4v) is 2.15. The van der Waals surface area contributed by atoms with E-state index in [-0.39, 0.29) is 10.8 Å². The summed E-state index contributed by atoms with van der Waals surface area (Å²) in [5.41, 5.74) is 1.96. The van der Waals surface area contributed by atoms with E-state index in [2.05, 4.69) is 4.98 Å². The Morgan fingerprint density at radius 3 is 2.84 bits per heavy atom. The fraction of sp³-hybridized carbons (Fsp3) is 0.143. The van der Waals surface area contributed by atoms with Crippen molar-refractivity contribution in [1.29, 1.82) is 0 Å². The Bertz CT molecular complexity index is 658. The first-order valence-corrected chi connectivity index (χ1v) is 6.71. The molecule has 0 bridgehead atoms. The van der Waals surface area contributed by atoms with Gasteiger partial charge in [-0.1, -0.05) is 30.0 Å². The maximum Gasteiger partial charge on any atom is 0.352 e. The van der Waals surface area contributed by atoms with Gasteiger partial charge >= 0.3 is 5.97 Å². The van der Waals surface area contributed by atoms with E-state index < -0.39 is 5.97 Å². The van der Waals surface area contributed by atoms with Gasteiger partial charge in [0.05, 0.1) is 0 Å². The van der Waals surface area contributed by atoms with Gasteiger partial charge in [0.25, 0.3) is 0 Å². The van der Waals surface area contributed by atoms with Gasteiger partial charge in [-0.05, 0) is 23.8 Å². The van der Waals surface area contributed by atoms with Crippen LogP contribution in [0, 0.1) is 0 Å². The van der Waals surface area contributed by atoms with Crippen molar-refractivity contribution in [2.75, 3.05) is 5.75 Å². The number of aromatic carboxylic acids is 1. The van der Waals surface area contributed by atoms with Crippen LogP contribution >= 0.6 is 11.8 Å². The smallest absolute Gasteiger partial charge is 0.352 e. The standard InChI is InChI=1S/C14H13NO3S/c1-9(16)19-6-2-3-10-4-5-12-11(7-10)8-13(15-12)14(17)18/h2-5,7-8,15H,6H2,1H3,(H,17,18). The number of carboxylic acid groups (broad SMARTS) is 1. The van der Waals surface area contributed by atoms with Crippen molar-refractivity contribution in [1.82, 2.24) is 4.98 Å². The number of carbonyl (C=O) groups excluding carboxylic acids is 1. The number of aromatic nitrogens is 1. The van der Waals surface area contributed by atoms with Crippen molar-refractivity contribution < 1.29 is 14.7 Å². The van der Waals surface area contributed by atoms with Crippen molar-refractivity contribution in [2.45, 2.75) is 6.92 Å². The molecule has 2 rings (SSSR count). The van der Waals surface area contributed by atoms with Crippen molar-refractivity contribution in [3.63, 3.8) is 0 Å². The largest absolute Gasteiger partial charge is 0.477 e. The van der Waals surface area contributed by atoms with Gasteiger partial charge in [-0.15, -0.1) is 0 Å². The Labute approximate surface area is 114 Å². The zero-order chi connectivity index (χ0) is 13.8. The maximum absolute atomic E-state index is 10.9. The first-order valence-electron chi connectivity index (χ1n) is 5.72. The molecule has 1 aromatic carbocycles. The Morgan fingerprint density at radius 2 is 2.16 bits per heavy atom. The minimum absolute atomic E-state index is 0.0943. The molecule has 0 spiro atoms. The molecule has 98 valence electrons. The second kappa shape index (κ2) is 5.75. The average Bonchev–Trinajstić information content (AvgIpc) is 2.77. The number of carboxylic acids is 1. The predicted octanol–water partition coefficient (Wildman–Crippen LogP) is 3.16. The molecule has 1 heterocycles. The van der Waals surface area contributed by atoms with Crippen LogP contribution in [0.15, 0.2) is 30.3 Å². The molecular weight excluding hydrogens is 262 g/mol. The summed E-state index contributed by atoms with van der Waals surface area (Å²) in [6.07, 6.45) is 3.83. The van der Waals surface area contributed by atoms with Gasteiger partial charge < -0.3 is 10.1 Å². The second-order valence-corrected chi connectivity index (χ2v) is 5.24. The van der Waals surface area contributed by atoms with Crippen molar-refractivity contribution in [3.8, 4) is 0 Å². The van der Waals surface area contributed by atoms with Crippen LogP contribution in [0.25, 0.3) is 17.0 Å². The van der Waals surface area contributed by atoms with E-state index in [1.54, 1.807) is 6.07 Å². The molecule has 1 aromatic heterocycles. The first kappa shape index (κ1) is 13.4. The Hall–Kier alpha value is -2.01. The molecule has 2 N–H and O–H groups in total. The number of fused-ring (bicyclic) bond motifs is 1. The summed E-state index contributed by atoms with van der Waals surface area (Å²) in [4.78, 5) is 24.4. The third-order valence-corrected chi connectivity index (χ3v) is 3.33. The van der Waals surface area contributed by atoms with Crippen LogP contribution < -0.4 is 0 Å². The number of aromatic amines is 1. The number of hydrogen-bond donors (Lipinski definition) is 2. The minimum atomic E-state index is -0.967. The van der Waals surface area contributed by atoms with E-state index >= 15 is 0 Å². The van der Waals surface area contributed by atoms with E-state index in [1.165, 1.54) is 18.7 Å². The normalized spacial score (nSPS) is 11.2. The molecule has 0 aliphatic heterocycles. The van der Waals surface area contributed by atoms with Crippen LogP contribution in [-0.4, -0.2) is 26.9 Å². The SMILES string of the molecule is CC(=O)SCC=Cc1ccc2[nH]c(C(=O)O)cc2c1. The Balaban J connectivity index is 2.17. The highest BCUT2D eigenvalue weighted by Gasteiger charge is 2.06. The highest BCUT2D eigenvalue weighted by molar-refractivity contribution is 8.13. The predicted molar refractivity (Wildman–Crippen MR) is 77.4 cm³/mol. The summed E-state index contributed by atoms with van der Waals surface area (Å²) < 4.78 is 0. The molecule has 0 aliphatic rings. The molecule has 0 saturated heterocycles. The molecule has 0 saturated carbocycles. The quantitative estimate of drug-likeness (QED) is 0.899. The molecule has 2 aromatic rings. The lowest BCUT2D eigenvalue weighted by Gasteiger charge is -1.94. The van der Waals surface area contributed by atoms with Gasteiger partial charge in [0.2, 0.25) is 0 Å². The zero-order valence-electron chi connectivity index (χ0n) is 10.3. The molecular formula is C14H13NO3S. The van der Waals surface area contributed by atoms with Crippen LogP contribution in [0.3, 0.4) is 0 Å². The molecule has 0 radical (unpaired) electrons. The molecule has 0 unspecified atom stereocenters. The summed E-state index contributed by atoms with van der Waals surface area (Å²) in [6.45, 7) is 1.54. The number of thioether (sulfide) groups is 1. The molecule has 0 aliphatic carbocycles. The molecule has 4 nitrogen and oxygen atoms in total. The molecule has 5 heteroatoms. The van der Waals surface area contributed by atoms with Crippen molar-refractivity contribution >= 4 is 39.8 Å². The third kappa shape index (κ3) is 3.48. The van der Waals surface area contributed by atoms with E-state index in [0.717, 1.165) is 16.5 Å². The highest BCUT2D eigenvalue weighted by Crippen LogP contribution is 2.18. The van der Waals surface area contributed by atoms with Crippen LogP contribution in [-0.2, 0) is 4.79 Å². The number of rotatable bonds is 4. The van der Waals surface area contributed by atoms with Gasteiger partial charge in [0.15, 0.2) is 5.12 Å². The summed E-state index contributed by atoms with van der Waals surface area (Å²) in [5.74, 6) is -0.327. The summed E-state index contributed by atoms with van der Waals surface area (Å²) in [6, 6.07) is 7.27. The van der Waals surface area contributed by atoms with E-state index in [9.17, 15) is 9.59 Å². The highest BCUT2D eigenvalue weighted by atomic mass is 32.2. The number of benzene rings is 1. The summed E-state index contributed by atoms with van der Waals surface area (Å²) in [5, 5.41) is 9.85. The number of nitrogens with one attached hydrogen (secondary N) is 1. The van der Waals surface area contributed by atoms with Gasteiger partial charge in [0, 0.05) is 23.6 Å². The fourth-order valence-electron chi connectivity index (χ4n) is 1.72.